The van der Waals surface area contributed by atoms with Crippen LogP contribution in [0.1, 0.15) is 27.2 Å². The fraction of sp³-hybridized carbons (Fsp3) is 0.909. The number of nitrogens with zero attached hydrogens (tertiary/aromatic N) is 1. The molecule has 0 aromatic carbocycles. The van der Waals surface area contributed by atoms with E-state index in [-0.39, 0.29) is 5.54 Å². The number of nitrogens with one attached hydrogen (secondary N) is 1. The van der Waals surface area contributed by atoms with Crippen molar-refractivity contribution in [3.8, 4) is 0 Å². The van der Waals surface area contributed by atoms with Gasteiger partial charge in [-0.3, -0.25) is 4.99 Å². The van der Waals surface area contributed by atoms with Gasteiger partial charge < -0.3 is 10.1 Å². The lowest BCUT2D eigenvalue weighted by Gasteiger charge is -2.31. The van der Waals surface area contributed by atoms with Crippen molar-refractivity contribution in [1.82, 2.24) is 5.32 Å². The Hall–Kier alpha value is -0.220. The van der Waals surface area contributed by atoms with Crippen LogP contribution in [0.3, 0.4) is 0 Å². The molecule has 86 valence electrons. The molecule has 1 saturated heterocycles. The molecule has 0 aromatic heterocycles. The van der Waals surface area contributed by atoms with Crippen molar-refractivity contribution in [3.63, 3.8) is 0 Å². The molecule has 1 N–H and O–H groups in total. The Bertz CT molecular complexity index is 270. The molecule has 3 nitrogen and oxygen atoms in total. The molecule has 0 radical (unpaired) electrons. The highest BCUT2D eigenvalue weighted by atomic mass is 32.2. The molecular weight excluding hydrogens is 208 g/mol. The fourth-order valence-electron chi connectivity index (χ4n) is 1.74. The summed E-state index contributed by atoms with van der Waals surface area (Å²) in [6, 6.07) is 0. The van der Waals surface area contributed by atoms with E-state index in [0.29, 0.717) is 5.41 Å². The SMILES string of the molecule is CC1(C)CN=C(NC2(C)CCOC2)SC1. The molecule has 1 fully saturated rings. The van der Waals surface area contributed by atoms with Gasteiger partial charge in [-0.05, 0) is 18.8 Å². The van der Waals surface area contributed by atoms with Crippen LogP contribution < -0.4 is 5.32 Å². The third-order valence-electron chi connectivity index (χ3n) is 2.88. The van der Waals surface area contributed by atoms with Crippen LogP contribution in [-0.2, 0) is 4.74 Å². The summed E-state index contributed by atoms with van der Waals surface area (Å²) in [6.07, 6.45) is 1.08. The third-order valence-corrected chi connectivity index (χ3v) is 4.31. The highest BCUT2D eigenvalue weighted by Gasteiger charge is 2.32. The van der Waals surface area contributed by atoms with Crippen LogP contribution >= 0.6 is 11.8 Å². The predicted octanol–water partition coefficient (Wildman–Crippen LogP) is 1.88. The molecule has 0 aliphatic carbocycles. The van der Waals surface area contributed by atoms with Crippen molar-refractivity contribution in [3.05, 3.63) is 0 Å². The van der Waals surface area contributed by atoms with E-state index >= 15 is 0 Å². The Kier molecular flexibility index (Phi) is 2.99. The highest BCUT2D eigenvalue weighted by Crippen LogP contribution is 2.28. The molecule has 2 heterocycles. The van der Waals surface area contributed by atoms with Crippen molar-refractivity contribution in [2.24, 2.45) is 10.4 Å². The summed E-state index contributed by atoms with van der Waals surface area (Å²) in [4.78, 5) is 4.60. The van der Waals surface area contributed by atoms with E-state index in [4.69, 9.17) is 4.74 Å². The normalized spacial score (nSPS) is 35.0. The number of rotatable bonds is 1. The quantitative estimate of drug-likeness (QED) is 0.744. The average Bonchev–Trinajstić information content (AvgIpc) is 2.57. The van der Waals surface area contributed by atoms with Crippen LogP contribution in [0.15, 0.2) is 4.99 Å². The van der Waals surface area contributed by atoms with Crippen LogP contribution in [-0.4, -0.2) is 36.2 Å². The lowest BCUT2D eigenvalue weighted by molar-refractivity contribution is 0.177. The Labute approximate surface area is 96.1 Å². The molecule has 2 aliphatic rings. The standard InChI is InChI=1S/C11H20N2OS/c1-10(2)6-12-9(15-8-10)13-11(3)4-5-14-7-11/h4-8H2,1-3H3,(H,12,13). The van der Waals surface area contributed by atoms with Gasteiger partial charge in [0.1, 0.15) is 0 Å². The van der Waals surface area contributed by atoms with Crippen LogP contribution in [0.25, 0.3) is 0 Å². The molecular formula is C11H20N2OS. The first-order valence-corrected chi connectivity index (χ1v) is 6.51. The maximum atomic E-state index is 5.42. The zero-order valence-electron chi connectivity index (χ0n) is 9.80. The summed E-state index contributed by atoms with van der Waals surface area (Å²) >= 11 is 1.84. The predicted molar refractivity (Wildman–Crippen MR) is 65.5 cm³/mol. The van der Waals surface area contributed by atoms with Gasteiger partial charge >= 0.3 is 0 Å². The first kappa shape index (κ1) is 11.3. The number of aliphatic imine (C=N–C) groups is 1. The number of amidine groups is 1. The summed E-state index contributed by atoms with van der Waals surface area (Å²) in [5.41, 5.74) is 0.455. The van der Waals surface area contributed by atoms with Gasteiger partial charge in [0.25, 0.3) is 0 Å². The zero-order chi connectivity index (χ0) is 10.9. The Balaban J connectivity index is 1.93. The van der Waals surface area contributed by atoms with E-state index in [9.17, 15) is 0 Å². The van der Waals surface area contributed by atoms with Crippen LogP contribution in [0.2, 0.25) is 0 Å². The number of hydrogen-bond acceptors (Lipinski definition) is 4. The van der Waals surface area contributed by atoms with Gasteiger partial charge in [-0.2, -0.15) is 0 Å². The lowest BCUT2D eigenvalue weighted by Crippen LogP contribution is -2.47. The van der Waals surface area contributed by atoms with E-state index in [1.54, 1.807) is 0 Å². The van der Waals surface area contributed by atoms with E-state index in [0.717, 1.165) is 37.1 Å². The van der Waals surface area contributed by atoms with Crippen molar-refractivity contribution in [1.29, 1.82) is 0 Å². The van der Waals surface area contributed by atoms with Crippen LogP contribution in [0, 0.1) is 5.41 Å². The van der Waals surface area contributed by atoms with Gasteiger partial charge in [-0.15, -0.1) is 0 Å². The number of hydrogen-bond donors (Lipinski definition) is 1. The highest BCUT2D eigenvalue weighted by molar-refractivity contribution is 8.13. The van der Waals surface area contributed by atoms with Crippen molar-refractivity contribution in [2.75, 3.05) is 25.5 Å². The second-order valence-corrected chi connectivity index (χ2v) is 6.53. The second kappa shape index (κ2) is 3.98. The van der Waals surface area contributed by atoms with Gasteiger partial charge in [0.05, 0.1) is 12.1 Å². The minimum absolute atomic E-state index is 0.104. The topological polar surface area (TPSA) is 33.6 Å². The molecule has 0 bridgehead atoms. The summed E-state index contributed by atoms with van der Waals surface area (Å²) in [5.74, 6) is 1.15. The summed E-state index contributed by atoms with van der Waals surface area (Å²) in [5, 5.41) is 4.62. The molecule has 2 aliphatic heterocycles. The molecule has 0 aromatic rings. The molecule has 0 amide bonds. The van der Waals surface area contributed by atoms with Crippen LogP contribution in [0.5, 0.6) is 0 Å². The van der Waals surface area contributed by atoms with E-state index in [1.165, 1.54) is 0 Å². The number of thioether (sulfide) groups is 1. The summed E-state index contributed by atoms with van der Waals surface area (Å²) < 4.78 is 5.42. The van der Waals surface area contributed by atoms with Gasteiger partial charge in [-0.1, -0.05) is 25.6 Å². The number of ether oxygens (including phenoxy) is 1. The maximum Gasteiger partial charge on any atom is 0.157 e. The molecule has 15 heavy (non-hydrogen) atoms. The molecule has 2 rings (SSSR count). The fourth-order valence-corrected chi connectivity index (χ4v) is 2.83. The van der Waals surface area contributed by atoms with Crippen molar-refractivity contribution >= 4 is 16.9 Å². The zero-order valence-corrected chi connectivity index (χ0v) is 10.6. The summed E-state index contributed by atoms with van der Waals surface area (Å²) in [6.45, 7) is 9.34. The van der Waals surface area contributed by atoms with E-state index in [2.05, 4.69) is 31.1 Å². The molecule has 1 unspecified atom stereocenters. The molecule has 1 atom stereocenters. The lowest BCUT2D eigenvalue weighted by atomic mass is 9.97. The third kappa shape index (κ3) is 2.88. The smallest absolute Gasteiger partial charge is 0.157 e. The largest absolute Gasteiger partial charge is 0.379 e. The van der Waals surface area contributed by atoms with Gasteiger partial charge in [0, 0.05) is 18.9 Å². The second-order valence-electron chi connectivity index (χ2n) is 5.56. The first-order chi connectivity index (χ1) is 6.99. The van der Waals surface area contributed by atoms with Gasteiger partial charge in [0.15, 0.2) is 5.17 Å². The molecule has 0 spiro atoms. The Morgan fingerprint density at radius 3 is 2.73 bits per heavy atom. The minimum Gasteiger partial charge on any atom is -0.379 e. The molecule has 0 saturated carbocycles. The van der Waals surface area contributed by atoms with E-state index < -0.39 is 0 Å². The van der Waals surface area contributed by atoms with Crippen LogP contribution in [0.4, 0.5) is 0 Å². The maximum absolute atomic E-state index is 5.42. The van der Waals surface area contributed by atoms with Gasteiger partial charge in [0.2, 0.25) is 0 Å². The van der Waals surface area contributed by atoms with Gasteiger partial charge in [-0.25, -0.2) is 0 Å². The first-order valence-electron chi connectivity index (χ1n) is 5.52. The average molecular weight is 228 g/mol. The van der Waals surface area contributed by atoms with E-state index in [1.807, 2.05) is 11.8 Å². The Morgan fingerprint density at radius 1 is 1.40 bits per heavy atom. The van der Waals surface area contributed by atoms with Crippen molar-refractivity contribution in [2.45, 2.75) is 32.7 Å². The Morgan fingerprint density at radius 2 is 2.20 bits per heavy atom. The van der Waals surface area contributed by atoms with Crippen molar-refractivity contribution < 1.29 is 4.74 Å². The monoisotopic (exact) mass is 228 g/mol. The summed E-state index contributed by atoms with van der Waals surface area (Å²) in [7, 11) is 0. The minimum atomic E-state index is 0.104. The molecule has 4 heteroatoms.